The van der Waals surface area contributed by atoms with E-state index in [1.165, 1.54) is 38.1 Å². The van der Waals surface area contributed by atoms with Gasteiger partial charge in [0.25, 0.3) is 0 Å². The van der Waals surface area contributed by atoms with Crippen molar-refractivity contribution in [3.05, 3.63) is 183 Å². The summed E-state index contributed by atoms with van der Waals surface area (Å²) in [6.07, 6.45) is -8.37. The van der Waals surface area contributed by atoms with E-state index in [0.717, 1.165) is 51.1 Å². The monoisotopic (exact) mass is 910 g/mol. The number of hydrogen-bond acceptors (Lipinski definition) is 6. The number of carbonyl (C=O) groups excluding carboxylic acids is 1. The van der Waals surface area contributed by atoms with Gasteiger partial charge >= 0.3 is 24.3 Å². The van der Waals surface area contributed by atoms with Gasteiger partial charge in [-0.2, -0.15) is 26.3 Å². The molecule has 0 spiro atoms. The number of nitrogens with one attached hydrogen (secondary N) is 2. The van der Waals surface area contributed by atoms with Crippen LogP contribution in [0.3, 0.4) is 0 Å². The first-order valence-electron chi connectivity index (χ1n) is 21.5. The van der Waals surface area contributed by atoms with Crippen molar-refractivity contribution in [3.63, 3.8) is 0 Å². The minimum Gasteiger partial charge on any atom is -0.480 e. The van der Waals surface area contributed by atoms with Crippen molar-refractivity contribution in [2.24, 2.45) is 0 Å². The lowest BCUT2D eigenvalue weighted by Crippen LogP contribution is -2.54. The molecule has 0 bridgehead atoms. The largest absolute Gasteiger partial charge is 0.480 e. The first-order chi connectivity index (χ1) is 31.3. The minimum absolute atomic E-state index is 0.0541. The van der Waals surface area contributed by atoms with Gasteiger partial charge in [-0.1, -0.05) is 103 Å². The van der Waals surface area contributed by atoms with E-state index in [-0.39, 0.29) is 49.2 Å². The lowest BCUT2D eigenvalue weighted by atomic mass is 9.91. The molecule has 0 heterocycles. The number of aliphatic carboxylic acids is 1. The van der Waals surface area contributed by atoms with E-state index in [0.29, 0.717) is 23.1 Å². The number of carboxylic acid groups (broad SMARTS) is 1. The molecular weight excluding hydrogens is 859 g/mol. The maximum atomic E-state index is 14.3. The van der Waals surface area contributed by atoms with Crippen molar-refractivity contribution in [1.82, 2.24) is 10.6 Å². The summed E-state index contributed by atoms with van der Waals surface area (Å²) in [4.78, 5) is 24.9. The molecule has 6 aromatic rings. The fraction of sp³-hybridized carbons (Fsp3) is 0.283. The molecule has 0 fully saturated rings. The van der Waals surface area contributed by atoms with Crippen molar-refractivity contribution in [1.29, 1.82) is 0 Å². The summed E-state index contributed by atoms with van der Waals surface area (Å²) in [6, 6.07) is 34.5. The molecular formula is C53H52F6N2O5. The highest BCUT2D eigenvalue weighted by Gasteiger charge is 2.36. The smallest absolute Gasteiger partial charge is 0.416 e. The predicted molar refractivity (Wildman–Crippen MR) is 243 cm³/mol. The number of carboxylic acids is 1. The van der Waals surface area contributed by atoms with Crippen LogP contribution in [-0.4, -0.2) is 40.3 Å². The van der Waals surface area contributed by atoms with Gasteiger partial charge in [-0.05, 0) is 144 Å². The summed E-state index contributed by atoms with van der Waals surface area (Å²) >= 11 is 0. The van der Waals surface area contributed by atoms with Crippen LogP contribution in [0.1, 0.15) is 69.5 Å². The molecule has 6 rings (SSSR count). The zero-order valence-electron chi connectivity index (χ0n) is 37.0. The lowest BCUT2D eigenvalue weighted by molar-refractivity contribution is -0.143. The second-order valence-electron chi connectivity index (χ2n) is 16.7. The first kappa shape index (κ1) is 49.2. The number of aliphatic hydroxyl groups is 1. The molecule has 0 amide bonds. The quantitative estimate of drug-likeness (QED) is 0.0386. The van der Waals surface area contributed by atoms with Crippen LogP contribution in [0, 0.1) is 13.8 Å². The molecule has 6 aromatic carbocycles. The van der Waals surface area contributed by atoms with E-state index in [2.05, 4.69) is 10.6 Å². The topological polar surface area (TPSA) is 108 Å². The van der Waals surface area contributed by atoms with Crippen LogP contribution in [0.25, 0.3) is 22.3 Å². The molecule has 0 saturated heterocycles. The third-order valence-corrected chi connectivity index (χ3v) is 12.0. The number of aryl methyl sites for hydroxylation is 4. The van der Waals surface area contributed by atoms with Crippen LogP contribution in [0.2, 0.25) is 0 Å². The number of halogens is 6. The Morgan fingerprint density at radius 2 is 1.09 bits per heavy atom. The van der Waals surface area contributed by atoms with E-state index in [9.17, 15) is 46.1 Å². The van der Waals surface area contributed by atoms with E-state index in [1.54, 1.807) is 30.3 Å². The molecule has 13 heteroatoms. The first-order valence-corrected chi connectivity index (χ1v) is 21.5. The fourth-order valence-electron chi connectivity index (χ4n) is 7.97. The van der Waals surface area contributed by atoms with Crippen molar-refractivity contribution >= 4 is 11.9 Å². The fourth-order valence-corrected chi connectivity index (χ4v) is 7.97. The Hall–Kier alpha value is -6.28. The highest BCUT2D eigenvalue weighted by molar-refractivity contribution is 5.83. The Kier molecular flexibility index (Phi) is 15.6. The Morgan fingerprint density at radius 3 is 1.61 bits per heavy atom. The number of rotatable bonds is 18. The highest BCUT2D eigenvalue weighted by Crippen LogP contribution is 2.36. The Balaban J connectivity index is 1.14. The Bertz CT molecular complexity index is 2660. The zero-order chi connectivity index (χ0) is 47.8. The van der Waals surface area contributed by atoms with Gasteiger partial charge in [0.2, 0.25) is 0 Å². The number of ether oxygens (including phenoxy) is 1. The van der Waals surface area contributed by atoms with Gasteiger partial charge in [0.05, 0.1) is 17.7 Å². The third kappa shape index (κ3) is 12.1. The molecule has 0 aliphatic heterocycles. The molecule has 2 atom stereocenters. The van der Waals surface area contributed by atoms with Crippen LogP contribution in [0.5, 0.6) is 5.75 Å². The number of hydrogen-bond donors (Lipinski definition) is 4. The standard InChI is InChI=1S/C53H52F6N2O5/c1-33-38(13-9-17-45(33)40-11-6-5-7-12-40)21-24-43-28-37(20-26-48(43)53(57,58)59)31-61-51(4,32-62)50(65)66-44-16-8-15-41(29-44)46-18-10-14-39(34(46)2)22-23-42-27-36(30-60-35(3)49(63)64)19-25-47(42)52(54,55)56/h5-20,25-29,35,60-62H,21-24,30-32H2,1-4H3,(H,63,64). The zero-order valence-corrected chi connectivity index (χ0v) is 37.0. The maximum absolute atomic E-state index is 14.3. The number of aliphatic hydroxyl groups excluding tert-OH is 1. The van der Waals surface area contributed by atoms with Crippen molar-refractivity contribution in [2.75, 3.05) is 6.61 Å². The second kappa shape index (κ2) is 20.9. The van der Waals surface area contributed by atoms with Gasteiger partial charge < -0.3 is 20.3 Å². The van der Waals surface area contributed by atoms with Gasteiger partial charge in [-0.15, -0.1) is 0 Å². The molecule has 346 valence electrons. The van der Waals surface area contributed by atoms with Gasteiger partial charge in [-0.3, -0.25) is 10.1 Å². The number of carbonyl (C=O) groups is 2. The summed E-state index contributed by atoms with van der Waals surface area (Å²) in [7, 11) is 0. The van der Waals surface area contributed by atoms with Crippen molar-refractivity contribution in [3.8, 4) is 28.0 Å². The predicted octanol–water partition coefficient (Wildman–Crippen LogP) is 11.3. The molecule has 7 nitrogen and oxygen atoms in total. The summed E-state index contributed by atoms with van der Waals surface area (Å²) in [5, 5.41) is 25.4. The summed E-state index contributed by atoms with van der Waals surface area (Å²) in [6.45, 7) is 6.04. The van der Waals surface area contributed by atoms with E-state index in [1.807, 2.05) is 74.5 Å². The number of benzene rings is 6. The number of alkyl halides is 6. The van der Waals surface area contributed by atoms with Crippen LogP contribution >= 0.6 is 0 Å². The van der Waals surface area contributed by atoms with E-state index in [4.69, 9.17) is 4.74 Å². The van der Waals surface area contributed by atoms with Crippen LogP contribution < -0.4 is 15.4 Å². The van der Waals surface area contributed by atoms with Crippen LogP contribution in [0.15, 0.2) is 127 Å². The SMILES string of the molecule is Cc1c(CCc2cc(CNC(C)C(=O)O)ccc2C(F)(F)F)cccc1-c1cccc(OC(=O)C(C)(CO)NCc2ccc(C(F)(F)F)c(CCc3cccc(-c4ccccc4)c3C)c2)c1. The molecule has 4 N–H and O–H groups in total. The van der Waals surface area contributed by atoms with Gasteiger partial charge in [-0.25, -0.2) is 4.79 Å². The summed E-state index contributed by atoms with van der Waals surface area (Å²) < 4.78 is 90.7. The molecule has 66 heavy (non-hydrogen) atoms. The Labute approximate surface area is 380 Å². The van der Waals surface area contributed by atoms with Gasteiger partial charge in [0.15, 0.2) is 0 Å². The van der Waals surface area contributed by atoms with Gasteiger partial charge in [0.1, 0.15) is 17.3 Å². The van der Waals surface area contributed by atoms with Crippen molar-refractivity contribution < 1.29 is 50.9 Å². The average molecular weight is 911 g/mol. The minimum atomic E-state index is -4.59. The molecule has 0 aromatic heterocycles. The molecule has 0 saturated carbocycles. The molecule has 0 radical (unpaired) electrons. The second-order valence-corrected chi connectivity index (χ2v) is 16.7. The normalized spacial score (nSPS) is 13.3. The van der Waals surface area contributed by atoms with Crippen LogP contribution in [0.4, 0.5) is 26.3 Å². The lowest BCUT2D eigenvalue weighted by Gasteiger charge is -2.27. The Morgan fingerprint density at radius 1 is 0.606 bits per heavy atom. The highest BCUT2D eigenvalue weighted by atomic mass is 19.4. The van der Waals surface area contributed by atoms with Crippen LogP contribution in [-0.2, 0) is 60.7 Å². The van der Waals surface area contributed by atoms with Gasteiger partial charge in [0, 0.05) is 13.1 Å². The number of esters is 1. The molecule has 2 unspecified atom stereocenters. The van der Waals surface area contributed by atoms with E-state index < -0.39 is 53.6 Å². The maximum Gasteiger partial charge on any atom is 0.416 e. The van der Waals surface area contributed by atoms with Crippen molar-refractivity contribution in [2.45, 2.75) is 90.4 Å². The van der Waals surface area contributed by atoms with E-state index >= 15 is 0 Å². The summed E-state index contributed by atoms with van der Waals surface area (Å²) in [5.41, 5.74) is 4.97. The average Bonchev–Trinajstić information content (AvgIpc) is 3.28. The molecule has 0 aliphatic rings. The molecule has 0 aliphatic carbocycles. The third-order valence-electron chi connectivity index (χ3n) is 12.0. The summed E-state index contributed by atoms with van der Waals surface area (Å²) in [5.74, 6) is -1.75.